The Morgan fingerprint density at radius 2 is 1.60 bits per heavy atom. The van der Waals surface area contributed by atoms with E-state index in [4.69, 9.17) is 11.5 Å². The predicted octanol–water partition coefficient (Wildman–Crippen LogP) is -1.16. The van der Waals surface area contributed by atoms with Crippen molar-refractivity contribution in [2.45, 2.75) is 71.5 Å². The number of carbonyl (C=O) groups is 5. The van der Waals surface area contributed by atoms with Crippen molar-refractivity contribution in [3.63, 3.8) is 0 Å². The number of aliphatic carboxylic acids is 1. The molecule has 0 rings (SSSR count). The first-order valence-corrected chi connectivity index (χ1v) is 10.0. The molecule has 0 spiro atoms. The largest absolute Gasteiger partial charge is 0.480 e. The lowest BCUT2D eigenvalue weighted by Crippen LogP contribution is -2.54. The molecule has 0 aromatic rings. The standard InChI is InChI=1S/C19H35N5O6/c1-5-11(4)16(19(29)30)24-15(26)9-22-18(28)13(8-10(2)3)23-17(27)12(20)6-7-14(21)25/h10-13,16H,5-9,20H2,1-4H3,(H2,21,25)(H,22,28)(H,23,27)(H,24,26)(H,29,30). The molecule has 11 heteroatoms. The van der Waals surface area contributed by atoms with Gasteiger partial charge in [-0.25, -0.2) is 4.79 Å². The van der Waals surface area contributed by atoms with Crippen molar-refractivity contribution >= 4 is 29.6 Å². The number of carboxylic acid groups (broad SMARTS) is 1. The monoisotopic (exact) mass is 429 g/mol. The topological polar surface area (TPSA) is 194 Å². The van der Waals surface area contributed by atoms with E-state index < -0.39 is 54.3 Å². The lowest BCUT2D eigenvalue weighted by molar-refractivity contribution is -0.143. The summed E-state index contributed by atoms with van der Waals surface area (Å²) >= 11 is 0. The first-order chi connectivity index (χ1) is 13.9. The maximum atomic E-state index is 12.5. The van der Waals surface area contributed by atoms with Gasteiger partial charge < -0.3 is 32.5 Å². The van der Waals surface area contributed by atoms with Crippen LogP contribution in [0.25, 0.3) is 0 Å². The smallest absolute Gasteiger partial charge is 0.326 e. The van der Waals surface area contributed by atoms with E-state index in [1.54, 1.807) is 6.92 Å². The molecular weight excluding hydrogens is 394 g/mol. The zero-order chi connectivity index (χ0) is 23.4. The zero-order valence-electron chi connectivity index (χ0n) is 18.1. The first-order valence-electron chi connectivity index (χ1n) is 10.0. The number of nitrogens with two attached hydrogens (primary N) is 2. The van der Waals surface area contributed by atoms with Gasteiger partial charge in [-0.15, -0.1) is 0 Å². The summed E-state index contributed by atoms with van der Waals surface area (Å²) in [7, 11) is 0. The summed E-state index contributed by atoms with van der Waals surface area (Å²) in [5, 5.41) is 16.5. The van der Waals surface area contributed by atoms with Crippen LogP contribution in [0.1, 0.15) is 53.4 Å². The van der Waals surface area contributed by atoms with Gasteiger partial charge in [0, 0.05) is 6.42 Å². The number of nitrogens with one attached hydrogen (secondary N) is 3. The van der Waals surface area contributed by atoms with Gasteiger partial charge in [-0.2, -0.15) is 0 Å². The van der Waals surface area contributed by atoms with E-state index >= 15 is 0 Å². The van der Waals surface area contributed by atoms with Gasteiger partial charge in [0.1, 0.15) is 12.1 Å². The molecule has 8 N–H and O–H groups in total. The number of carbonyl (C=O) groups excluding carboxylic acids is 4. The molecule has 11 nitrogen and oxygen atoms in total. The van der Waals surface area contributed by atoms with Crippen molar-refractivity contribution in [3.8, 4) is 0 Å². The Hall–Kier alpha value is -2.69. The van der Waals surface area contributed by atoms with Crippen LogP contribution in [0.4, 0.5) is 0 Å². The third-order valence-corrected chi connectivity index (χ3v) is 4.60. The minimum absolute atomic E-state index is 0.0474. The quantitative estimate of drug-likeness (QED) is 0.200. The molecule has 0 fully saturated rings. The van der Waals surface area contributed by atoms with Crippen LogP contribution >= 0.6 is 0 Å². The van der Waals surface area contributed by atoms with Crippen molar-refractivity contribution < 1.29 is 29.1 Å². The molecule has 0 radical (unpaired) electrons. The van der Waals surface area contributed by atoms with Gasteiger partial charge in [0.2, 0.25) is 23.6 Å². The highest BCUT2D eigenvalue weighted by molar-refractivity contribution is 5.92. The predicted molar refractivity (Wildman–Crippen MR) is 110 cm³/mol. The van der Waals surface area contributed by atoms with Crippen LogP contribution in [0, 0.1) is 11.8 Å². The third kappa shape index (κ3) is 10.7. The molecule has 0 bridgehead atoms. The van der Waals surface area contributed by atoms with Gasteiger partial charge in [0.05, 0.1) is 12.6 Å². The summed E-state index contributed by atoms with van der Waals surface area (Å²) in [5.74, 6) is -3.81. The van der Waals surface area contributed by atoms with Crippen LogP contribution in [0.15, 0.2) is 0 Å². The van der Waals surface area contributed by atoms with Crippen molar-refractivity contribution in [1.82, 2.24) is 16.0 Å². The van der Waals surface area contributed by atoms with Crippen molar-refractivity contribution in [3.05, 3.63) is 0 Å². The molecule has 0 saturated heterocycles. The molecule has 0 aliphatic rings. The molecule has 0 saturated carbocycles. The Morgan fingerprint density at radius 1 is 1.00 bits per heavy atom. The third-order valence-electron chi connectivity index (χ3n) is 4.60. The molecule has 172 valence electrons. The second-order valence-corrected chi connectivity index (χ2v) is 7.79. The fourth-order valence-corrected chi connectivity index (χ4v) is 2.61. The Bertz CT molecular complexity index is 625. The number of rotatable bonds is 14. The second-order valence-electron chi connectivity index (χ2n) is 7.79. The van der Waals surface area contributed by atoms with Gasteiger partial charge in [0.25, 0.3) is 0 Å². The normalized spacial score (nSPS) is 14.9. The number of amides is 4. The Balaban J connectivity index is 4.87. The van der Waals surface area contributed by atoms with Crippen LogP contribution in [-0.2, 0) is 24.0 Å². The molecule has 4 unspecified atom stereocenters. The van der Waals surface area contributed by atoms with E-state index in [0.29, 0.717) is 12.8 Å². The highest BCUT2D eigenvalue weighted by Gasteiger charge is 2.27. The van der Waals surface area contributed by atoms with Gasteiger partial charge in [-0.3, -0.25) is 19.2 Å². The number of hydrogen-bond acceptors (Lipinski definition) is 6. The number of primary amides is 1. The SMILES string of the molecule is CCC(C)C(NC(=O)CNC(=O)C(CC(C)C)NC(=O)C(N)CCC(N)=O)C(=O)O. The summed E-state index contributed by atoms with van der Waals surface area (Å²) in [5.41, 5.74) is 10.8. The van der Waals surface area contributed by atoms with E-state index in [0.717, 1.165) is 0 Å². The molecule has 4 amide bonds. The lowest BCUT2D eigenvalue weighted by atomic mass is 9.99. The lowest BCUT2D eigenvalue weighted by Gasteiger charge is -2.23. The number of hydrogen-bond donors (Lipinski definition) is 6. The van der Waals surface area contributed by atoms with Crippen LogP contribution < -0.4 is 27.4 Å². The summed E-state index contributed by atoms with van der Waals surface area (Å²) in [6.07, 6.45) is 0.844. The van der Waals surface area contributed by atoms with Crippen LogP contribution in [0.3, 0.4) is 0 Å². The highest BCUT2D eigenvalue weighted by atomic mass is 16.4. The van der Waals surface area contributed by atoms with Crippen LogP contribution in [0.5, 0.6) is 0 Å². The molecule has 0 aliphatic heterocycles. The first kappa shape index (κ1) is 27.3. The van der Waals surface area contributed by atoms with Gasteiger partial charge in [0.15, 0.2) is 0 Å². The molecular formula is C19H35N5O6. The fourth-order valence-electron chi connectivity index (χ4n) is 2.61. The Kier molecular flexibility index (Phi) is 12.3. The maximum Gasteiger partial charge on any atom is 0.326 e. The summed E-state index contributed by atoms with van der Waals surface area (Å²) in [6.45, 7) is 6.79. The Morgan fingerprint density at radius 3 is 2.07 bits per heavy atom. The summed E-state index contributed by atoms with van der Waals surface area (Å²) < 4.78 is 0. The average Bonchev–Trinajstić information content (AvgIpc) is 2.66. The van der Waals surface area contributed by atoms with Crippen LogP contribution in [0.2, 0.25) is 0 Å². The summed E-state index contributed by atoms with van der Waals surface area (Å²) in [6, 6.07) is -3.00. The average molecular weight is 430 g/mol. The molecule has 4 atom stereocenters. The highest BCUT2D eigenvalue weighted by Crippen LogP contribution is 2.08. The summed E-state index contributed by atoms with van der Waals surface area (Å²) in [4.78, 5) is 58.9. The van der Waals surface area contributed by atoms with E-state index in [-0.39, 0.29) is 24.7 Å². The fraction of sp³-hybridized carbons (Fsp3) is 0.737. The van der Waals surface area contributed by atoms with Gasteiger partial charge in [-0.1, -0.05) is 34.1 Å². The maximum absolute atomic E-state index is 12.5. The molecule has 0 aromatic carbocycles. The van der Waals surface area contributed by atoms with E-state index in [9.17, 15) is 29.1 Å². The van der Waals surface area contributed by atoms with Gasteiger partial charge >= 0.3 is 5.97 Å². The molecule has 0 aliphatic carbocycles. The number of carboxylic acids is 1. The van der Waals surface area contributed by atoms with E-state index in [1.165, 1.54) is 0 Å². The zero-order valence-corrected chi connectivity index (χ0v) is 18.1. The van der Waals surface area contributed by atoms with E-state index in [1.807, 2.05) is 20.8 Å². The molecule has 0 aromatic heterocycles. The second kappa shape index (κ2) is 13.5. The minimum Gasteiger partial charge on any atom is -0.480 e. The van der Waals surface area contributed by atoms with Crippen molar-refractivity contribution in [2.75, 3.05) is 6.54 Å². The minimum atomic E-state index is -1.15. The van der Waals surface area contributed by atoms with Gasteiger partial charge in [-0.05, 0) is 24.7 Å². The van der Waals surface area contributed by atoms with Crippen molar-refractivity contribution in [2.24, 2.45) is 23.3 Å². The van der Waals surface area contributed by atoms with E-state index in [2.05, 4.69) is 16.0 Å². The Labute approximate surface area is 176 Å². The molecule has 0 heterocycles. The van der Waals surface area contributed by atoms with Crippen molar-refractivity contribution in [1.29, 1.82) is 0 Å². The van der Waals surface area contributed by atoms with Crippen LogP contribution in [-0.4, -0.2) is 59.4 Å². The molecule has 30 heavy (non-hydrogen) atoms.